The lowest BCUT2D eigenvalue weighted by molar-refractivity contribution is -0.139. The zero-order valence-electron chi connectivity index (χ0n) is 18.4. The highest BCUT2D eigenvalue weighted by Crippen LogP contribution is 2.39. The number of aliphatic hydroxyl groups excluding tert-OH is 1. The van der Waals surface area contributed by atoms with Crippen molar-refractivity contribution >= 4 is 17.4 Å². The molecule has 8 nitrogen and oxygen atoms in total. The molecule has 1 amide bonds. The van der Waals surface area contributed by atoms with Crippen LogP contribution in [0.4, 0.5) is 0 Å². The van der Waals surface area contributed by atoms with Crippen LogP contribution >= 0.6 is 0 Å². The summed E-state index contributed by atoms with van der Waals surface area (Å²) in [6.45, 7) is 3.62. The van der Waals surface area contributed by atoms with E-state index in [2.05, 4.69) is 9.97 Å². The SMILES string of the molecule is CCCOc1ccc(C(O)=C2C(=O)C(=O)N(CCCn3ccnc3)C2c2cccnc2)cc1. The molecule has 0 saturated carbocycles. The molecule has 1 atom stereocenters. The van der Waals surface area contributed by atoms with Gasteiger partial charge in [0.1, 0.15) is 11.5 Å². The number of aliphatic hydroxyl groups is 1. The van der Waals surface area contributed by atoms with Crippen molar-refractivity contribution < 1.29 is 19.4 Å². The molecule has 3 heterocycles. The van der Waals surface area contributed by atoms with E-state index in [0.29, 0.717) is 43.0 Å². The van der Waals surface area contributed by atoms with Crippen molar-refractivity contribution in [2.45, 2.75) is 32.4 Å². The number of pyridine rings is 1. The van der Waals surface area contributed by atoms with Gasteiger partial charge < -0.3 is 19.3 Å². The Bertz CT molecular complexity index is 1120. The number of carbonyl (C=O) groups excluding carboxylic acids is 2. The van der Waals surface area contributed by atoms with Crippen LogP contribution in [0.25, 0.3) is 5.76 Å². The van der Waals surface area contributed by atoms with Gasteiger partial charge in [0, 0.05) is 43.4 Å². The molecule has 0 aliphatic carbocycles. The third kappa shape index (κ3) is 4.79. The average molecular weight is 447 g/mol. The highest BCUT2D eigenvalue weighted by Gasteiger charge is 2.45. The molecule has 1 aromatic carbocycles. The maximum Gasteiger partial charge on any atom is 0.295 e. The third-order valence-corrected chi connectivity index (χ3v) is 5.52. The van der Waals surface area contributed by atoms with Crippen LogP contribution < -0.4 is 4.74 Å². The normalized spacial score (nSPS) is 17.5. The molecule has 2 aromatic heterocycles. The molecular formula is C25H26N4O4. The quantitative estimate of drug-likeness (QED) is 0.307. The van der Waals surface area contributed by atoms with Gasteiger partial charge in [0.15, 0.2) is 0 Å². The molecule has 0 bridgehead atoms. The van der Waals surface area contributed by atoms with Crippen molar-refractivity contribution in [1.82, 2.24) is 19.4 Å². The van der Waals surface area contributed by atoms with Crippen molar-refractivity contribution in [1.29, 1.82) is 0 Å². The Kier molecular flexibility index (Phi) is 6.83. The standard InChI is InChI=1S/C25H26N4O4/c1-2-15-33-20-8-6-18(7-9-20)23(30)21-22(19-5-3-10-26-16-19)29(25(32)24(21)31)13-4-12-28-14-11-27-17-28/h3,5-11,14,16-17,22,30H,2,4,12-13,15H2,1H3. The van der Waals surface area contributed by atoms with Crippen LogP contribution in [-0.2, 0) is 16.1 Å². The first-order chi connectivity index (χ1) is 16.1. The molecular weight excluding hydrogens is 420 g/mol. The lowest BCUT2D eigenvalue weighted by Gasteiger charge is -2.25. The summed E-state index contributed by atoms with van der Waals surface area (Å²) < 4.78 is 7.51. The van der Waals surface area contributed by atoms with Gasteiger partial charge in [-0.15, -0.1) is 0 Å². The number of nitrogens with zero attached hydrogens (tertiary/aromatic N) is 4. The molecule has 3 aromatic rings. The van der Waals surface area contributed by atoms with Gasteiger partial charge in [-0.2, -0.15) is 0 Å². The summed E-state index contributed by atoms with van der Waals surface area (Å²) in [5, 5.41) is 11.1. The molecule has 0 spiro atoms. The number of aryl methyl sites for hydroxylation is 1. The molecule has 1 aliphatic rings. The summed E-state index contributed by atoms with van der Waals surface area (Å²) in [7, 11) is 0. The number of hydrogen-bond donors (Lipinski definition) is 1. The molecule has 8 heteroatoms. The second-order valence-electron chi connectivity index (χ2n) is 7.81. The zero-order valence-corrected chi connectivity index (χ0v) is 18.4. The maximum absolute atomic E-state index is 13.0. The van der Waals surface area contributed by atoms with Gasteiger partial charge in [0.2, 0.25) is 0 Å². The number of Topliss-reactive ketones (excluding diaryl/α,β-unsaturated/α-hetero) is 1. The minimum absolute atomic E-state index is 0.0675. The molecule has 1 unspecified atom stereocenters. The van der Waals surface area contributed by atoms with Gasteiger partial charge in [0.05, 0.1) is 24.5 Å². The highest BCUT2D eigenvalue weighted by molar-refractivity contribution is 6.46. The summed E-state index contributed by atoms with van der Waals surface area (Å²) in [5.41, 5.74) is 1.19. The van der Waals surface area contributed by atoms with Gasteiger partial charge in [-0.25, -0.2) is 4.98 Å². The number of ketones is 1. The molecule has 1 fully saturated rings. The van der Waals surface area contributed by atoms with Crippen LogP contribution in [0.3, 0.4) is 0 Å². The zero-order chi connectivity index (χ0) is 23.2. The molecule has 4 rings (SSSR count). The van der Waals surface area contributed by atoms with E-state index in [1.54, 1.807) is 61.3 Å². The van der Waals surface area contributed by atoms with Crippen LogP contribution in [0.5, 0.6) is 5.75 Å². The topological polar surface area (TPSA) is 97.6 Å². The van der Waals surface area contributed by atoms with Crippen molar-refractivity contribution in [3.05, 3.63) is 84.2 Å². The summed E-state index contributed by atoms with van der Waals surface area (Å²) in [6.07, 6.45) is 10.0. The second-order valence-corrected chi connectivity index (χ2v) is 7.81. The molecule has 170 valence electrons. The minimum atomic E-state index is -0.711. The number of aromatic nitrogens is 3. The Balaban J connectivity index is 1.66. The number of carbonyl (C=O) groups is 2. The Morgan fingerprint density at radius 3 is 2.58 bits per heavy atom. The van der Waals surface area contributed by atoms with E-state index < -0.39 is 17.7 Å². The predicted octanol–water partition coefficient (Wildman–Crippen LogP) is 3.58. The number of benzene rings is 1. The Morgan fingerprint density at radius 1 is 1.09 bits per heavy atom. The summed E-state index contributed by atoms with van der Waals surface area (Å²) in [6, 6.07) is 9.70. The van der Waals surface area contributed by atoms with Crippen LogP contribution in [0, 0.1) is 0 Å². The Morgan fingerprint density at radius 2 is 1.91 bits per heavy atom. The van der Waals surface area contributed by atoms with E-state index in [4.69, 9.17) is 4.74 Å². The van der Waals surface area contributed by atoms with Gasteiger partial charge in [0.25, 0.3) is 11.7 Å². The number of rotatable bonds is 9. The average Bonchev–Trinajstić information content (AvgIpc) is 3.45. The monoisotopic (exact) mass is 446 g/mol. The van der Waals surface area contributed by atoms with E-state index in [1.807, 2.05) is 17.7 Å². The number of ether oxygens (including phenoxy) is 1. The molecule has 1 aliphatic heterocycles. The highest BCUT2D eigenvalue weighted by atomic mass is 16.5. The van der Waals surface area contributed by atoms with E-state index >= 15 is 0 Å². The van der Waals surface area contributed by atoms with Crippen molar-refractivity contribution in [3.8, 4) is 5.75 Å². The van der Waals surface area contributed by atoms with Gasteiger partial charge in [-0.3, -0.25) is 14.6 Å². The predicted molar refractivity (Wildman–Crippen MR) is 122 cm³/mol. The lowest BCUT2D eigenvalue weighted by Crippen LogP contribution is -2.31. The number of amides is 1. The molecule has 0 radical (unpaired) electrons. The van der Waals surface area contributed by atoms with E-state index in [-0.39, 0.29) is 11.3 Å². The fourth-order valence-corrected chi connectivity index (χ4v) is 3.92. The summed E-state index contributed by atoms with van der Waals surface area (Å²) in [5.74, 6) is -0.854. The van der Waals surface area contributed by atoms with E-state index in [9.17, 15) is 14.7 Å². The number of imidazole rings is 1. The van der Waals surface area contributed by atoms with Crippen LogP contribution in [-0.4, -0.2) is 49.4 Å². The first kappa shape index (κ1) is 22.3. The van der Waals surface area contributed by atoms with Crippen molar-refractivity contribution in [3.63, 3.8) is 0 Å². The number of likely N-dealkylation sites (tertiary alicyclic amines) is 1. The Labute approximate surface area is 192 Å². The second kappa shape index (κ2) is 10.1. The molecule has 33 heavy (non-hydrogen) atoms. The fourth-order valence-electron chi connectivity index (χ4n) is 3.92. The largest absolute Gasteiger partial charge is 0.507 e. The van der Waals surface area contributed by atoms with E-state index in [1.165, 1.54) is 4.90 Å². The summed E-state index contributed by atoms with van der Waals surface area (Å²) in [4.78, 5) is 35.7. The lowest BCUT2D eigenvalue weighted by atomic mass is 9.96. The van der Waals surface area contributed by atoms with Gasteiger partial charge >= 0.3 is 0 Å². The molecule has 1 N–H and O–H groups in total. The van der Waals surface area contributed by atoms with Crippen molar-refractivity contribution in [2.24, 2.45) is 0 Å². The van der Waals surface area contributed by atoms with Crippen molar-refractivity contribution in [2.75, 3.05) is 13.2 Å². The van der Waals surface area contributed by atoms with Crippen LogP contribution in [0.1, 0.15) is 36.9 Å². The van der Waals surface area contributed by atoms with Gasteiger partial charge in [-0.1, -0.05) is 13.0 Å². The fraction of sp³-hybridized carbons (Fsp3) is 0.280. The summed E-state index contributed by atoms with van der Waals surface area (Å²) >= 11 is 0. The first-order valence-corrected chi connectivity index (χ1v) is 11.0. The van der Waals surface area contributed by atoms with E-state index in [0.717, 1.165) is 6.42 Å². The Hall–Kier alpha value is -3.94. The number of hydrogen-bond acceptors (Lipinski definition) is 6. The third-order valence-electron chi connectivity index (χ3n) is 5.52. The maximum atomic E-state index is 13.0. The first-order valence-electron chi connectivity index (χ1n) is 11.0. The minimum Gasteiger partial charge on any atom is -0.507 e. The smallest absolute Gasteiger partial charge is 0.295 e. The van der Waals surface area contributed by atoms with Gasteiger partial charge in [-0.05, 0) is 48.7 Å². The van der Waals surface area contributed by atoms with Crippen LogP contribution in [0.15, 0.2) is 73.1 Å². The molecule has 1 saturated heterocycles. The van der Waals surface area contributed by atoms with Crippen LogP contribution in [0.2, 0.25) is 0 Å².